The van der Waals surface area contributed by atoms with Crippen LogP contribution in [0, 0.1) is 0 Å². The highest BCUT2D eigenvalue weighted by atomic mass is 35.5. The number of rotatable bonds is 6. The minimum atomic E-state index is 0.704. The van der Waals surface area contributed by atoms with Crippen LogP contribution in [0.1, 0.15) is 16.7 Å². The molecule has 1 aliphatic heterocycles. The number of ether oxygens (including phenoxy) is 1. The average Bonchev–Trinajstić information content (AvgIpc) is 2.71. The van der Waals surface area contributed by atoms with Gasteiger partial charge in [0, 0.05) is 44.8 Å². The van der Waals surface area contributed by atoms with E-state index in [2.05, 4.69) is 44.8 Å². The Morgan fingerprint density at radius 3 is 2.00 bits per heavy atom. The Bertz CT molecular complexity index is 725. The second-order valence-corrected chi connectivity index (χ2v) is 7.05. The molecule has 0 aromatic heterocycles. The van der Waals surface area contributed by atoms with Crippen molar-refractivity contribution >= 4 is 17.6 Å². The van der Waals surface area contributed by atoms with Gasteiger partial charge in [-0.25, -0.2) is 0 Å². The molecule has 6 heteroatoms. The van der Waals surface area contributed by atoms with Gasteiger partial charge in [0.2, 0.25) is 0 Å². The van der Waals surface area contributed by atoms with Gasteiger partial charge in [-0.2, -0.15) is 0 Å². The normalized spacial score (nSPS) is 15.6. The molecule has 2 aromatic carbocycles. The Morgan fingerprint density at radius 1 is 0.926 bits per heavy atom. The molecule has 144 valence electrons. The second-order valence-electron chi connectivity index (χ2n) is 6.61. The van der Waals surface area contributed by atoms with E-state index in [0.717, 1.165) is 55.9 Å². The van der Waals surface area contributed by atoms with Crippen molar-refractivity contribution in [1.82, 2.24) is 15.5 Å². The van der Waals surface area contributed by atoms with E-state index in [9.17, 15) is 0 Å². The van der Waals surface area contributed by atoms with E-state index in [0.29, 0.717) is 6.54 Å². The lowest BCUT2D eigenvalue weighted by atomic mass is 10.1. The summed E-state index contributed by atoms with van der Waals surface area (Å²) in [6.45, 7) is 6.13. The van der Waals surface area contributed by atoms with Gasteiger partial charge in [-0.3, -0.25) is 9.89 Å². The predicted octanol–water partition coefficient (Wildman–Crippen LogP) is 3.04. The van der Waals surface area contributed by atoms with Gasteiger partial charge in [0.25, 0.3) is 0 Å². The lowest BCUT2D eigenvalue weighted by Crippen LogP contribution is -2.36. The molecule has 0 radical (unpaired) electrons. The molecule has 1 heterocycles. The van der Waals surface area contributed by atoms with Crippen LogP contribution in [0.3, 0.4) is 0 Å². The fraction of sp³-hybridized carbons (Fsp3) is 0.381. The lowest BCUT2D eigenvalue weighted by molar-refractivity contribution is 0.0342. The quantitative estimate of drug-likeness (QED) is 0.591. The van der Waals surface area contributed by atoms with Crippen molar-refractivity contribution in [3.8, 4) is 0 Å². The Hall–Kier alpha value is -2.08. The van der Waals surface area contributed by atoms with E-state index in [1.54, 1.807) is 7.05 Å². The SMILES string of the molecule is CN=C(NCc1ccc(Cl)cc1)NCc1ccc(CN2CCOCC2)cc1. The number of hydrogen-bond acceptors (Lipinski definition) is 3. The summed E-state index contributed by atoms with van der Waals surface area (Å²) in [7, 11) is 1.78. The summed E-state index contributed by atoms with van der Waals surface area (Å²) in [5, 5.41) is 7.42. The number of halogens is 1. The maximum Gasteiger partial charge on any atom is 0.191 e. The number of guanidine groups is 1. The first kappa shape index (κ1) is 19.7. The third-order valence-electron chi connectivity index (χ3n) is 4.59. The summed E-state index contributed by atoms with van der Waals surface area (Å²) in [5.74, 6) is 0.780. The first-order valence-corrected chi connectivity index (χ1v) is 9.67. The van der Waals surface area contributed by atoms with Crippen LogP contribution in [0.5, 0.6) is 0 Å². The lowest BCUT2D eigenvalue weighted by Gasteiger charge is -2.26. The van der Waals surface area contributed by atoms with Crippen LogP contribution >= 0.6 is 11.6 Å². The molecular formula is C21H27ClN4O. The van der Waals surface area contributed by atoms with Crippen molar-refractivity contribution in [3.05, 3.63) is 70.2 Å². The van der Waals surface area contributed by atoms with Gasteiger partial charge in [-0.15, -0.1) is 0 Å². The maximum atomic E-state index is 5.92. The molecule has 0 amide bonds. The van der Waals surface area contributed by atoms with E-state index >= 15 is 0 Å². The molecule has 0 unspecified atom stereocenters. The molecule has 0 atom stereocenters. The van der Waals surface area contributed by atoms with Crippen LogP contribution in [0.15, 0.2) is 53.5 Å². The molecule has 0 spiro atoms. The van der Waals surface area contributed by atoms with Crippen LogP contribution in [0.4, 0.5) is 0 Å². The van der Waals surface area contributed by atoms with Gasteiger partial charge in [-0.1, -0.05) is 48.0 Å². The minimum Gasteiger partial charge on any atom is -0.379 e. The highest BCUT2D eigenvalue weighted by Gasteiger charge is 2.10. The molecule has 2 N–H and O–H groups in total. The topological polar surface area (TPSA) is 48.9 Å². The third kappa shape index (κ3) is 6.54. The zero-order valence-electron chi connectivity index (χ0n) is 15.7. The predicted molar refractivity (Wildman–Crippen MR) is 111 cm³/mol. The van der Waals surface area contributed by atoms with Crippen LogP contribution in [0.2, 0.25) is 5.02 Å². The van der Waals surface area contributed by atoms with Gasteiger partial charge in [0.05, 0.1) is 13.2 Å². The molecule has 2 aromatic rings. The smallest absolute Gasteiger partial charge is 0.191 e. The van der Waals surface area contributed by atoms with Crippen LogP contribution < -0.4 is 10.6 Å². The first-order chi connectivity index (χ1) is 13.2. The molecule has 0 bridgehead atoms. The number of aliphatic imine (C=N–C) groups is 1. The van der Waals surface area contributed by atoms with Crippen LogP contribution in [-0.4, -0.2) is 44.2 Å². The Morgan fingerprint density at radius 2 is 1.44 bits per heavy atom. The van der Waals surface area contributed by atoms with Crippen molar-refractivity contribution in [2.45, 2.75) is 19.6 Å². The Balaban J connectivity index is 1.44. The number of nitrogens with zero attached hydrogens (tertiary/aromatic N) is 2. The van der Waals surface area contributed by atoms with Crippen molar-refractivity contribution in [2.75, 3.05) is 33.4 Å². The summed E-state index contributed by atoms with van der Waals surface area (Å²) in [5.41, 5.74) is 3.73. The molecule has 0 aliphatic carbocycles. The minimum absolute atomic E-state index is 0.704. The van der Waals surface area contributed by atoms with Gasteiger partial charge in [-0.05, 0) is 28.8 Å². The number of nitrogens with one attached hydrogen (secondary N) is 2. The van der Waals surface area contributed by atoms with Crippen LogP contribution in [0.25, 0.3) is 0 Å². The summed E-state index contributed by atoms with van der Waals surface area (Å²) in [6, 6.07) is 16.6. The first-order valence-electron chi connectivity index (χ1n) is 9.30. The van der Waals surface area contributed by atoms with Gasteiger partial charge >= 0.3 is 0 Å². The van der Waals surface area contributed by atoms with Crippen molar-refractivity contribution in [3.63, 3.8) is 0 Å². The number of morpholine rings is 1. The fourth-order valence-electron chi connectivity index (χ4n) is 2.97. The van der Waals surface area contributed by atoms with Gasteiger partial charge < -0.3 is 15.4 Å². The summed E-state index contributed by atoms with van der Waals surface area (Å²) < 4.78 is 5.40. The van der Waals surface area contributed by atoms with Gasteiger partial charge in [0.15, 0.2) is 5.96 Å². The Kier molecular flexibility index (Phi) is 7.51. The monoisotopic (exact) mass is 386 g/mol. The highest BCUT2D eigenvalue weighted by Crippen LogP contribution is 2.10. The molecule has 1 fully saturated rings. The fourth-order valence-corrected chi connectivity index (χ4v) is 3.10. The molecular weight excluding hydrogens is 360 g/mol. The maximum absolute atomic E-state index is 5.92. The van der Waals surface area contributed by atoms with Crippen molar-refractivity contribution in [1.29, 1.82) is 0 Å². The molecule has 1 aliphatic rings. The van der Waals surface area contributed by atoms with Gasteiger partial charge in [0.1, 0.15) is 0 Å². The molecule has 0 saturated carbocycles. The van der Waals surface area contributed by atoms with Crippen molar-refractivity contribution < 1.29 is 4.74 Å². The van der Waals surface area contributed by atoms with Crippen molar-refractivity contribution in [2.24, 2.45) is 4.99 Å². The molecule has 3 rings (SSSR count). The Labute approximate surface area is 166 Å². The van der Waals surface area contributed by atoms with E-state index in [1.165, 1.54) is 11.1 Å². The second kappa shape index (κ2) is 10.3. The molecule has 1 saturated heterocycles. The van der Waals surface area contributed by atoms with E-state index in [4.69, 9.17) is 16.3 Å². The summed E-state index contributed by atoms with van der Waals surface area (Å²) >= 11 is 5.92. The summed E-state index contributed by atoms with van der Waals surface area (Å²) in [4.78, 5) is 6.71. The number of hydrogen-bond donors (Lipinski definition) is 2. The highest BCUT2D eigenvalue weighted by molar-refractivity contribution is 6.30. The number of benzene rings is 2. The zero-order chi connectivity index (χ0) is 18.9. The average molecular weight is 387 g/mol. The third-order valence-corrected chi connectivity index (χ3v) is 4.84. The van der Waals surface area contributed by atoms with Crippen LogP contribution in [-0.2, 0) is 24.4 Å². The molecule has 5 nitrogen and oxygen atoms in total. The summed E-state index contributed by atoms with van der Waals surface area (Å²) in [6.07, 6.45) is 0. The van der Waals surface area contributed by atoms with E-state index in [1.807, 2.05) is 24.3 Å². The molecule has 27 heavy (non-hydrogen) atoms. The largest absolute Gasteiger partial charge is 0.379 e. The standard InChI is InChI=1S/C21H27ClN4O/c1-23-21(25-15-18-6-8-20(22)9-7-18)24-14-17-2-4-19(5-3-17)16-26-10-12-27-13-11-26/h2-9H,10-16H2,1H3,(H2,23,24,25). The zero-order valence-corrected chi connectivity index (χ0v) is 16.5. The van der Waals surface area contributed by atoms with E-state index < -0.39 is 0 Å². The van der Waals surface area contributed by atoms with E-state index in [-0.39, 0.29) is 0 Å².